The zero-order valence-corrected chi connectivity index (χ0v) is 16.7. The minimum atomic E-state index is -0.450. The summed E-state index contributed by atoms with van der Waals surface area (Å²) in [7, 11) is 1.78. The van der Waals surface area contributed by atoms with Crippen LogP contribution in [0.5, 0.6) is 0 Å². The van der Waals surface area contributed by atoms with Crippen LogP contribution in [0.4, 0.5) is 17.2 Å². The molecule has 0 spiro atoms. The highest BCUT2D eigenvalue weighted by molar-refractivity contribution is 6.31. The van der Waals surface area contributed by atoms with E-state index in [-0.39, 0.29) is 11.0 Å². The Morgan fingerprint density at radius 2 is 1.67 bits per heavy atom. The number of halogens is 1. The molecular formula is C23H15ClN4O2. The Labute approximate surface area is 177 Å². The monoisotopic (exact) mass is 414 g/mol. The molecule has 1 aromatic heterocycles. The first-order chi connectivity index (χ1) is 14.6. The topological polar surface area (TPSA) is 66.4 Å². The van der Waals surface area contributed by atoms with E-state index in [2.05, 4.69) is 9.97 Å². The molecule has 1 aliphatic rings. The summed E-state index contributed by atoms with van der Waals surface area (Å²) < 4.78 is 0. The number of carbonyl (C=O) groups is 2. The Morgan fingerprint density at radius 3 is 2.53 bits per heavy atom. The average molecular weight is 415 g/mol. The molecule has 0 saturated heterocycles. The summed E-state index contributed by atoms with van der Waals surface area (Å²) >= 11 is 6.04. The van der Waals surface area contributed by atoms with E-state index in [9.17, 15) is 9.59 Å². The van der Waals surface area contributed by atoms with Crippen molar-refractivity contribution in [2.45, 2.75) is 0 Å². The van der Waals surface area contributed by atoms with Gasteiger partial charge in [-0.1, -0.05) is 48.5 Å². The van der Waals surface area contributed by atoms with Gasteiger partial charge in [0.1, 0.15) is 5.69 Å². The highest BCUT2D eigenvalue weighted by Gasteiger charge is 2.35. The summed E-state index contributed by atoms with van der Waals surface area (Å²) in [5.74, 6) is -0.518. The predicted octanol–water partition coefficient (Wildman–Crippen LogP) is 4.85. The molecular weight excluding hydrogens is 400 g/mol. The van der Waals surface area contributed by atoms with E-state index < -0.39 is 11.8 Å². The van der Waals surface area contributed by atoms with Crippen LogP contribution in [0.1, 0.15) is 20.7 Å². The van der Waals surface area contributed by atoms with Gasteiger partial charge in [0, 0.05) is 12.6 Å². The SMILES string of the molecule is CN1c2ccccc2C(=O)N(C(=O)c2cccc3ccccc23)c2cnc(Cl)nc21. The van der Waals surface area contributed by atoms with Gasteiger partial charge in [-0.05, 0) is 40.6 Å². The van der Waals surface area contributed by atoms with E-state index in [0.717, 1.165) is 15.7 Å². The number of rotatable bonds is 1. The van der Waals surface area contributed by atoms with E-state index in [0.29, 0.717) is 22.6 Å². The number of aromatic nitrogens is 2. The molecule has 0 saturated carbocycles. The smallest absolute Gasteiger partial charge is 0.267 e. The third-order valence-electron chi connectivity index (χ3n) is 5.20. The molecule has 146 valence electrons. The maximum absolute atomic E-state index is 13.7. The number of fused-ring (bicyclic) bond motifs is 3. The number of hydrogen-bond acceptors (Lipinski definition) is 5. The second-order valence-corrected chi connectivity index (χ2v) is 7.23. The van der Waals surface area contributed by atoms with Gasteiger partial charge in [-0.3, -0.25) is 9.59 Å². The third kappa shape index (κ3) is 2.73. The predicted molar refractivity (Wildman–Crippen MR) is 117 cm³/mol. The number of nitrogens with zero attached hydrogens (tertiary/aromatic N) is 4. The lowest BCUT2D eigenvalue weighted by Crippen LogP contribution is -2.37. The van der Waals surface area contributed by atoms with Crippen molar-refractivity contribution in [1.82, 2.24) is 9.97 Å². The van der Waals surface area contributed by atoms with Crippen molar-refractivity contribution < 1.29 is 9.59 Å². The van der Waals surface area contributed by atoms with Gasteiger partial charge in [-0.25, -0.2) is 9.88 Å². The zero-order chi connectivity index (χ0) is 20.8. The number of benzene rings is 3. The standard InChI is InChI=1S/C23H15ClN4O2/c1-27-18-12-5-4-10-17(18)22(30)28(19-13-25-23(24)26-20(19)27)21(29)16-11-6-8-14-7-2-3-9-15(14)16/h2-13H,1H3. The molecule has 1 aliphatic heterocycles. The summed E-state index contributed by atoms with van der Waals surface area (Å²) in [6.07, 6.45) is 1.41. The normalized spacial score (nSPS) is 13.1. The molecule has 0 N–H and O–H groups in total. The molecule has 2 heterocycles. The molecule has 0 aliphatic carbocycles. The largest absolute Gasteiger partial charge is 0.327 e. The number of anilines is 3. The van der Waals surface area contributed by atoms with Gasteiger partial charge >= 0.3 is 0 Å². The molecule has 0 unspecified atom stereocenters. The first-order valence-electron chi connectivity index (χ1n) is 9.28. The van der Waals surface area contributed by atoms with E-state index in [1.165, 1.54) is 6.20 Å². The third-order valence-corrected chi connectivity index (χ3v) is 5.38. The summed E-state index contributed by atoms with van der Waals surface area (Å²) in [4.78, 5) is 38.5. The van der Waals surface area contributed by atoms with Crippen molar-refractivity contribution >= 4 is 51.4 Å². The average Bonchev–Trinajstić information content (AvgIpc) is 2.87. The molecule has 3 aromatic carbocycles. The van der Waals surface area contributed by atoms with E-state index in [4.69, 9.17) is 11.6 Å². The van der Waals surface area contributed by atoms with E-state index >= 15 is 0 Å². The van der Waals surface area contributed by atoms with Gasteiger partial charge in [-0.15, -0.1) is 0 Å². The van der Waals surface area contributed by atoms with Gasteiger partial charge in [0.05, 0.1) is 17.4 Å². The second kappa shape index (κ2) is 6.93. The minimum absolute atomic E-state index is 0.0324. The molecule has 0 radical (unpaired) electrons. The van der Waals surface area contributed by atoms with Crippen molar-refractivity contribution in [1.29, 1.82) is 0 Å². The van der Waals surface area contributed by atoms with Crippen LogP contribution >= 0.6 is 11.6 Å². The summed E-state index contributed by atoms with van der Waals surface area (Å²) in [5.41, 5.74) is 1.72. The van der Waals surface area contributed by atoms with E-state index in [1.807, 2.05) is 36.4 Å². The lowest BCUT2D eigenvalue weighted by molar-refractivity contribution is 0.0899. The zero-order valence-electron chi connectivity index (χ0n) is 15.9. The molecule has 5 rings (SSSR count). The van der Waals surface area contributed by atoms with Gasteiger partial charge in [0.2, 0.25) is 5.28 Å². The molecule has 0 atom stereocenters. The fourth-order valence-electron chi connectivity index (χ4n) is 3.78. The lowest BCUT2D eigenvalue weighted by atomic mass is 10.0. The Morgan fingerprint density at radius 1 is 0.933 bits per heavy atom. The quantitative estimate of drug-likeness (QED) is 0.329. The number of para-hydroxylation sites is 1. The first kappa shape index (κ1) is 18.3. The van der Waals surface area contributed by atoms with Crippen molar-refractivity contribution in [3.63, 3.8) is 0 Å². The second-order valence-electron chi connectivity index (χ2n) is 6.90. The fourth-order valence-corrected chi connectivity index (χ4v) is 3.90. The molecule has 4 aromatic rings. The number of hydrogen-bond donors (Lipinski definition) is 0. The van der Waals surface area contributed by atoms with Crippen LogP contribution in [0.3, 0.4) is 0 Å². The molecule has 2 amide bonds. The number of carbonyl (C=O) groups excluding carboxylic acids is 2. The van der Waals surface area contributed by atoms with Crippen LogP contribution in [0, 0.1) is 0 Å². The van der Waals surface area contributed by atoms with E-state index in [1.54, 1.807) is 42.3 Å². The highest BCUT2D eigenvalue weighted by Crippen LogP contribution is 2.39. The Bertz CT molecular complexity index is 1330. The van der Waals surface area contributed by atoms with Crippen molar-refractivity contribution in [2.75, 3.05) is 16.8 Å². The van der Waals surface area contributed by atoms with Crippen molar-refractivity contribution in [3.05, 3.63) is 89.3 Å². The molecule has 0 fully saturated rings. The van der Waals surface area contributed by atoms with Crippen LogP contribution < -0.4 is 9.80 Å². The summed E-state index contributed by atoms with van der Waals surface area (Å²) in [6.45, 7) is 0. The van der Waals surface area contributed by atoms with Crippen LogP contribution in [0.25, 0.3) is 10.8 Å². The van der Waals surface area contributed by atoms with Gasteiger partial charge < -0.3 is 4.90 Å². The maximum Gasteiger partial charge on any atom is 0.267 e. The summed E-state index contributed by atoms with van der Waals surface area (Å²) in [5, 5.41) is 1.71. The van der Waals surface area contributed by atoms with Crippen LogP contribution in [0.2, 0.25) is 5.28 Å². The van der Waals surface area contributed by atoms with Gasteiger partial charge in [0.25, 0.3) is 11.8 Å². The van der Waals surface area contributed by atoms with Crippen molar-refractivity contribution in [2.24, 2.45) is 0 Å². The lowest BCUT2D eigenvalue weighted by Gasteiger charge is -2.22. The molecule has 0 bridgehead atoms. The number of amides is 2. The maximum atomic E-state index is 13.7. The molecule has 30 heavy (non-hydrogen) atoms. The van der Waals surface area contributed by atoms with Crippen LogP contribution in [-0.4, -0.2) is 28.8 Å². The van der Waals surface area contributed by atoms with Gasteiger partial charge in [0.15, 0.2) is 5.82 Å². The Kier molecular flexibility index (Phi) is 4.22. The van der Waals surface area contributed by atoms with Gasteiger partial charge in [-0.2, -0.15) is 4.98 Å². The molecule has 6 nitrogen and oxygen atoms in total. The van der Waals surface area contributed by atoms with Crippen molar-refractivity contribution in [3.8, 4) is 0 Å². The Hall–Kier alpha value is -3.77. The highest BCUT2D eigenvalue weighted by atomic mass is 35.5. The van der Waals surface area contributed by atoms with Crippen LogP contribution in [0.15, 0.2) is 72.9 Å². The number of imide groups is 1. The van der Waals surface area contributed by atoms with Crippen LogP contribution in [-0.2, 0) is 0 Å². The first-order valence-corrected chi connectivity index (χ1v) is 9.66. The minimum Gasteiger partial charge on any atom is -0.327 e. The summed E-state index contributed by atoms with van der Waals surface area (Å²) in [6, 6.07) is 20.1. The fraction of sp³-hybridized carbons (Fsp3) is 0.0435. The Balaban J connectivity index is 1.77. The molecule has 7 heteroatoms.